The van der Waals surface area contributed by atoms with E-state index in [0.29, 0.717) is 5.92 Å². The molecule has 1 heterocycles. The molecule has 1 unspecified atom stereocenters. The van der Waals surface area contributed by atoms with E-state index >= 15 is 0 Å². The van der Waals surface area contributed by atoms with Crippen molar-refractivity contribution < 1.29 is 4.74 Å². The van der Waals surface area contributed by atoms with E-state index in [1.807, 2.05) is 0 Å². The fourth-order valence-corrected chi connectivity index (χ4v) is 5.57. The van der Waals surface area contributed by atoms with E-state index in [-0.39, 0.29) is 0 Å². The van der Waals surface area contributed by atoms with Gasteiger partial charge in [0.05, 0.1) is 0 Å². The number of hydrogen-bond donors (Lipinski definition) is 0. The fourth-order valence-electron chi connectivity index (χ4n) is 1.42. The van der Waals surface area contributed by atoms with Crippen LogP contribution < -0.4 is 0 Å². The van der Waals surface area contributed by atoms with Gasteiger partial charge in [0.1, 0.15) is 0 Å². The molecule has 0 aromatic heterocycles. The molecule has 1 fully saturated rings. The number of ether oxygens (including phenoxy) is 1. The van der Waals surface area contributed by atoms with Crippen LogP contribution in [0.4, 0.5) is 0 Å². The van der Waals surface area contributed by atoms with E-state index in [1.165, 1.54) is 6.42 Å². The van der Waals surface area contributed by atoms with Gasteiger partial charge in [-0.3, -0.25) is 0 Å². The van der Waals surface area contributed by atoms with Crippen molar-refractivity contribution in [2.24, 2.45) is 5.92 Å². The van der Waals surface area contributed by atoms with E-state index in [1.54, 1.807) is 3.59 Å². The topological polar surface area (TPSA) is 9.23 Å². The van der Waals surface area contributed by atoms with Crippen molar-refractivity contribution in [1.82, 2.24) is 0 Å². The Morgan fingerprint density at radius 1 is 1.45 bits per heavy atom. The minimum absolute atomic E-state index is 0.700. The first-order valence-corrected chi connectivity index (χ1v) is 14.3. The summed E-state index contributed by atoms with van der Waals surface area (Å²) in [7, 11) is 0. The van der Waals surface area contributed by atoms with Crippen LogP contribution in [0.15, 0.2) is 10.2 Å². The summed E-state index contributed by atoms with van der Waals surface area (Å²) >= 11 is -1.79. The van der Waals surface area contributed by atoms with Crippen molar-refractivity contribution in [3.63, 3.8) is 0 Å². The average molecular weight is 261 g/mol. The molecule has 0 bridgehead atoms. The molecule has 11 heavy (non-hydrogen) atoms. The summed E-state index contributed by atoms with van der Waals surface area (Å²) < 4.78 is 6.90. The second kappa shape index (κ2) is 3.48. The summed E-state index contributed by atoms with van der Waals surface area (Å²) in [6.07, 6.45) is 1.22. The minimum atomic E-state index is -1.79. The van der Waals surface area contributed by atoms with Crippen LogP contribution in [0.1, 0.15) is 6.42 Å². The molecule has 2 heteroatoms. The molecule has 1 saturated heterocycles. The summed E-state index contributed by atoms with van der Waals surface area (Å²) in [6.45, 7) is 6.11. The van der Waals surface area contributed by atoms with Crippen molar-refractivity contribution in [3.8, 4) is 0 Å². The molecule has 0 spiro atoms. The molecule has 1 aliphatic rings. The second-order valence-corrected chi connectivity index (χ2v) is 19.0. The molecule has 1 aliphatic heterocycles. The van der Waals surface area contributed by atoms with Crippen LogP contribution in [0.25, 0.3) is 0 Å². The van der Waals surface area contributed by atoms with Gasteiger partial charge in [0.15, 0.2) is 0 Å². The van der Waals surface area contributed by atoms with E-state index in [9.17, 15) is 0 Å². The molecule has 1 atom stereocenters. The van der Waals surface area contributed by atoms with Crippen molar-refractivity contribution in [3.05, 3.63) is 10.2 Å². The van der Waals surface area contributed by atoms with Crippen LogP contribution in [-0.2, 0) is 4.74 Å². The molecule has 0 aromatic rings. The molecule has 1 nitrogen and oxygen atoms in total. The van der Waals surface area contributed by atoms with Crippen LogP contribution in [0.5, 0.6) is 0 Å². The zero-order valence-electron chi connectivity index (χ0n) is 7.81. The Labute approximate surface area is 73.7 Å². The molecule has 0 aliphatic carbocycles. The predicted molar refractivity (Wildman–Crippen MR) is 51.4 cm³/mol. The van der Waals surface area contributed by atoms with Crippen molar-refractivity contribution in [1.29, 1.82) is 0 Å². The first-order valence-electron chi connectivity index (χ1n) is 4.29. The maximum absolute atomic E-state index is 5.35. The van der Waals surface area contributed by atoms with Crippen LogP contribution >= 0.6 is 0 Å². The Morgan fingerprint density at radius 2 is 2.09 bits per heavy atom. The third kappa shape index (κ3) is 2.48. The van der Waals surface area contributed by atoms with Gasteiger partial charge in [0.25, 0.3) is 0 Å². The van der Waals surface area contributed by atoms with Crippen molar-refractivity contribution in [2.75, 3.05) is 13.2 Å². The third-order valence-electron chi connectivity index (χ3n) is 2.39. The molecule has 1 rings (SSSR count). The molecule has 0 radical (unpaired) electrons. The Hall–Kier alpha value is 0.499. The van der Waals surface area contributed by atoms with Gasteiger partial charge in [-0.2, -0.15) is 0 Å². The number of rotatable bonds is 2. The standard InChI is InChI=1S/C6H9O.3CH3.Sn/c1-2-6-3-4-7-5-6;;;;/h6H,1,3-5H2;3*1H3;. The monoisotopic (exact) mass is 262 g/mol. The summed E-state index contributed by atoms with van der Waals surface area (Å²) in [6, 6.07) is 0. The molecular weight excluding hydrogens is 243 g/mol. The van der Waals surface area contributed by atoms with Gasteiger partial charge >= 0.3 is 73.7 Å². The Kier molecular flexibility index (Phi) is 3.03. The zero-order chi connectivity index (χ0) is 8.48. The molecule has 64 valence electrons. The van der Waals surface area contributed by atoms with Crippen LogP contribution in [0.3, 0.4) is 0 Å². The number of hydrogen-bond acceptors (Lipinski definition) is 1. The summed E-state index contributed by atoms with van der Waals surface area (Å²) in [5, 5.41) is 0. The first-order chi connectivity index (χ1) is 5.02. The quantitative estimate of drug-likeness (QED) is 0.694. The van der Waals surface area contributed by atoms with Gasteiger partial charge in [-0.25, -0.2) is 0 Å². The van der Waals surface area contributed by atoms with Crippen molar-refractivity contribution >= 4 is 18.4 Å². The van der Waals surface area contributed by atoms with Gasteiger partial charge in [-0.05, 0) is 0 Å². The van der Waals surface area contributed by atoms with Crippen molar-refractivity contribution in [2.45, 2.75) is 21.2 Å². The summed E-state index contributed by atoms with van der Waals surface area (Å²) in [4.78, 5) is 7.28. The van der Waals surface area contributed by atoms with E-state index < -0.39 is 18.4 Å². The fraction of sp³-hybridized carbons (Fsp3) is 0.778. The SMILES string of the molecule is C=[C](C1CCOC1)[Sn]([CH3])([CH3])[CH3]. The van der Waals surface area contributed by atoms with E-state index in [2.05, 4.69) is 21.4 Å². The van der Waals surface area contributed by atoms with E-state index in [0.717, 1.165) is 13.2 Å². The van der Waals surface area contributed by atoms with E-state index in [4.69, 9.17) is 4.74 Å². The molecular formula is C9H18OSn. The average Bonchev–Trinajstić information content (AvgIpc) is 2.34. The summed E-state index contributed by atoms with van der Waals surface area (Å²) in [5.74, 6) is 0.700. The van der Waals surface area contributed by atoms with Crippen LogP contribution in [-0.4, -0.2) is 31.6 Å². The first kappa shape index (κ1) is 9.59. The van der Waals surface area contributed by atoms with Gasteiger partial charge in [-0.1, -0.05) is 0 Å². The molecule has 0 aromatic carbocycles. The van der Waals surface area contributed by atoms with Gasteiger partial charge in [-0.15, -0.1) is 0 Å². The Bertz CT molecular complexity index is 151. The molecule has 0 amide bonds. The maximum atomic E-state index is 5.35. The van der Waals surface area contributed by atoms with Gasteiger partial charge in [0, 0.05) is 0 Å². The van der Waals surface area contributed by atoms with Crippen LogP contribution in [0.2, 0.25) is 14.8 Å². The second-order valence-electron chi connectivity index (χ2n) is 4.34. The Morgan fingerprint density at radius 3 is 2.45 bits per heavy atom. The van der Waals surface area contributed by atoms with Crippen LogP contribution in [0, 0.1) is 5.92 Å². The zero-order valence-corrected chi connectivity index (χ0v) is 10.7. The predicted octanol–water partition coefficient (Wildman–Crippen LogP) is 2.46. The molecule has 0 N–H and O–H groups in total. The summed E-state index contributed by atoms with van der Waals surface area (Å²) in [5.41, 5.74) is 0. The molecule has 0 saturated carbocycles. The van der Waals surface area contributed by atoms with Gasteiger partial charge < -0.3 is 0 Å². The van der Waals surface area contributed by atoms with Gasteiger partial charge in [0.2, 0.25) is 0 Å². The third-order valence-corrected chi connectivity index (χ3v) is 9.05. The Balaban J connectivity index is 2.53. The normalized spacial score (nSPS) is 25.5.